The zero-order chi connectivity index (χ0) is 26.4. The Balaban J connectivity index is 1.67. The van der Waals surface area contributed by atoms with Gasteiger partial charge in [-0.1, -0.05) is 35.1 Å². The number of rotatable bonds is 5. The Kier molecular flexibility index (Phi) is 6.51. The minimum Gasteiger partial charge on any atom is -0.507 e. The second-order valence-corrected chi connectivity index (χ2v) is 10.2. The molecule has 1 amide bonds. The Morgan fingerprint density at radius 2 is 2.05 bits per heavy atom. The molecule has 3 aromatic rings. The van der Waals surface area contributed by atoms with Gasteiger partial charge >= 0.3 is 11.9 Å². The van der Waals surface area contributed by atoms with Crippen molar-refractivity contribution >= 4 is 51.5 Å². The quantitative estimate of drug-likeness (QED) is 0.205. The van der Waals surface area contributed by atoms with Crippen LogP contribution in [0.2, 0.25) is 5.02 Å². The molecule has 1 aromatic heterocycles. The number of aryl methyl sites for hydroxylation is 1. The van der Waals surface area contributed by atoms with Crippen molar-refractivity contribution in [1.82, 2.24) is 4.98 Å². The predicted molar refractivity (Wildman–Crippen MR) is 139 cm³/mol. The van der Waals surface area contributed by atoms with Crippen LogP contribution in [0.15, 0.2) is 48.0 Å². The lowest BCUT2D eigenvalue weighted by Crippen LogP contribution is -2.29. The number of ether oxygens (including phenoxy) is 2. The van der Waals surface area contributed by atoms with E-state index in [1.165, 1.54) is 4.90 Å². The van der Waals surface area contributed by atoms with Crippen molar-refractivity contribution < 1.29 is 29.0 Å². The van der Waals surface area contributed by atoms with Crippen molar-refractivity contribution in [1.29, 1.82) is 0 Å². The fourth-order valence-corrected chi connectivity index (χ4v) is 5.80. The number of ketones is 1. The van der Waals surface area contributed by atoms with E-state index in [0.29, 0.717) is 28.3 Å². The molecule has 0 spiro atoms. The molecule has 1 saturated heterocycles. The number of Topliss-reactive ketones (excluding diaryl/α,β-unsaturated/α-hetero) is 1. The fraction of sp³-hybridized carbons (Fsp3) is 0.259. The fourth-order valence-electron chi connectivity index (χ4n) is 4.62. The van der Waals surface area contributed by atoms with Crippen molar-refractivity contribution in [3.8, 4) is 5.75 Å². The molecule has 190 valence electrons. The van der Waals surface area contributed by atoms with Gasteiger partial charge in [-0.3, -0.25) is 14.5 Å². The van der Waals surface area contributed by atoms with Gasteiger partial charge in [-0.15, -0.1) is 0 Å². The van der Waals surface area contributed by atoms with E-state index in [2.05, 4.69) is 4.98 Å². The van der Waals surface area contributed by atoms with Crippen LogP contribution in [0.3, 0.4) is 0 Å². The summed E-state index contributed by atoms with van der Waals surface area (Å²) in [6.07, 6.45) is 0.670. The van der Waals surface area contributed by atoms with Crippen LogP contribution in [0.4, 0.5) is 5.13 Å². The highest BCUT2D eigenvalue weighted by Crippen LogP contribution is 2.44. The first-order valence-electron chi connectivity index (χ1n) is 11.7. The number of esters is 1. The molecule has 2 aliphatic heterocycles. The van der Waals surface area contributed by atoms with Gasteiger partial charge in [-0.25, -0.2) is 9.78 Å². The van der Waals surface area contributed by atoms with E-state index in [1.807, 2.05) is 6.92 Å². The highest BCUT2D eigenvalue weighted by atomic mass is 35.5. The summed E-state index contributed by atoms with van der Waals surface area (Å²) >= 11 is 7.22. The molecule has 2 aliphatic rings. The third-order valence-corrected chi connectivity index (χ3v) is 7.60. The molecule has 0 bridgehead atoms. The van der Waals surface area contributed by atoms with Gasteiger partial charge < -0.3 is 14.6 Å². The number of nitrogens with zero attached hydrogens (tertiary/aromatic N) is 2. The van der Waals surface area contributed by atoms with Crippen LogP contribution in [-0.2, 0) is 20.7 Å². The molecule has 2 aromatic carbocycles. The number of thiazole rings is 1. The molecule has 0 unspecified atom stereocenters. The molecular formula is C27H23ClN2O6S. The number of hydrogen-bond donors (Lipinski definition) is 1. The molecule has 1 fully saturated rings. The Morgan fingerprint density at radius 3 is 2.78 bits per heavy atom. The Labute approximate surface area is 222 Å². The number of hydrogen-bond acceptors (Lipinski definition) is 8. The first-order valence-corrected chi connectivity index (χ1v) is 12.9. The number of halogens is 1. The van der Waals surface area contributed by atoms with Crippen LogP contribution in [0.1, 0.15) is 51.9 Å². The third-order valence-electron chi connectivity index (χ3n) is 6.23. The molecule has 5 rings (SSSR count). The topological polar surface area (TPSA) is 106 Å². The van der Waals surface area contributed by atoms with Gasteiger partial charge in [-0.05, 0) is 62.2 Å². The van der Waals surface area contributed by atoms with Gasteiger partial charge in [0.2, 0.25) is 0 Å². The lowest BCUT2D eigenvalue weighted by molar-refractivity contribution is -0.132. The van der Waals surface area contributed by atoms with Gasteiger partial charge in [-0.2, -0.15) is 0 Å². The first kappa shape index (κ1) is 25.0. The molecular weight excluding hydrogens is 516 g/mol. The van der Waals surface area contributed by atoms with E-state index in [1.54, 1.807) is 56.3 Å². The molecule has 37 heavy (non-hydrogen) atoms. The van der Waals surface area contributed by atoms with Gasteiger partial charge in [0, 0.05) is 17.0 Å². The summed E-state index contributed by atoms with van der Waals surface area (Å²) < 4.78 is 10.9. The molecule has 3 heterocycles. The monoisotopic (exact) mass is 538 g/mol. The standard InChI is InChI=1S/C27H23ClN2O6S/c1-4-35-26(34)24-14(3)29-27(37-24)30-21(15-6-5-7-18(28)12-15)20(23(32)25(30)33)22(31)16-8-9-19-17(11-16)10-13(2)36-19/h5-9,11-13,21,31H,4,10H2,1-3H3/t13-,21+/m1/s1. The van der Waals surface area contributed by atoms with Crippen molar-refractivity contribution in [2.75, 3.05) is 11.5 Å². The first-order chi connectivity index (χ1) is 17.7. The normalized spacial score (nSPS) is 20.2. The number of amides is 1. The molecule has 0 aliphatic carbocycles. The third kappa shape index (κ3) is 4.38. The lowest BCUT2D eigenvalue weighted by atomic mass is 9.94. The zero-order valence-electron chi connectivity index (χ0n) is 20.3. The van der Waals surface area contributed by atoms with Gasteiger partial charge in [0.1, 0.15) is 22.5 Å². The number of aromatic nitrogens is 1. The maximum Gasteiger partial charge on any atom is 0.350 e. The molecule has 0 saturated carbocycles. The summed E-state index contributed by atoms with van der Waals surface area (Å²) in [5.74, 6) is -1.88. The molecule has 2 atom stereocenters. The summed E-state index contributed by atoms with van der Waals surface area (Å²) in [5.41, 5.74) is 2.09. The predicted octanol–water partition coefficient (Wildman–Crippen LogP) is 5.23. The maximum atomic E-state index is 13.4. The Bertz CT molecular complexity index is 1480. The largest absolute Gasteiger partial charge is 0.507 e. The number of anilines is 1. The van der Waals surface area contributed by atoms with Crippen LogP contribution in [-0.4, -0.2) is 40.5 Å². The second-order valence-electron chi connectivity index (χ2n) is 8.81. The number of carbonyl (C=O) groups excluding carboxylic acids is 3. The van der Waals surface area contributed by atoms with Gasteiger partial charge in [0.15, 0.2) is 5.13 Å². The molecule has 1 N–H and O–H groups in total. The highest BCUT2D eigenvalue weighted by molar-refractivity contribution is 7.17. The minimum absolute atomic E-state index is 0.00572. The number of aliphatic hydroxyl groups excluding tert-OH is 1. The van der Waals surface area contributed by atoms with Crippen molar-refractivity contribution in [2.24, 2.45) is 0 Å². The van der Waals surface area contributed by atoms with Crippen LogP contribution >= 0.6 is 22.9 Å². The summed E-state index contributed by atoms with van der Waals surface area (Å²) in [7, 11) is 0. The van der Waals surface area contributed by atoms with E-state index in [9.17, 15) is 19.5 Å². The van der Waals surface area contributed by atoms with Crippen LogP contribution < -0.4 is 9.64 Å². The van der Waals surface area contributed by atoms with E-state index >= 15 is 0 Å². The minimum atomic E-state index is -1.01. The number of fused-ring (bicyclic) bond motifs is 1. The zero-order valence-corrected chi connectivity index (χ0v) is 21.9. The highest BCUT2D eigenvalue weighted by Gasteiger charge is 2.48. The van der Waals surface area contributed by atoms with Crippen LogP contribution in [0.25, 0.3) is 5.76 Å². The summed E-state index contributed by atoms with van der Waals surface area (Å²) in [6, 6.07) is 10.9. The van der Waals surface area contributed by atoms with Crippen molar-refractivity contribution in [3.05, 3.63) is 80.3 Å². The van der Waals surface area contributed by atoms with Crippen LogP contribution in [0.5, 0.6) is 5.75 Å². The molecule has 0 radical (unpaired) electrons. The van der Waals surface area contributed by atoms with Crippen molar-refractivity contribution in [2.45, 2.75) is 39.3 Å². The van der Waals surface area contributed by atoms with Gasteiger partial charge in [0.25, 0.3) is 5.78 Å². The maximum absolute atomic E-state index is 13.4. The number of carbonyl (C=O) groups is 3. The van der Waals surface area contributed by atoms with E-state index < -0.39 is 23.7 Å². The summed E-state index contributed by atoms with van der Waals surface area (Å²) in [4.78, 5) is 45.1. The van der Waals surface area contributed by atoms with E-state index in [0.717, 1.165) is 22.6 Å². The smallest absolute Gasteiger partial charge is 0.350 e. The average Bonchev–Trinajstić information content (AvgIpc) is 3.51. The van der Waals surface area contributed by atoms with Crippen LogP contribution in [0, 0.1) is 6.92 Å². The summed E-state index contributed by atoms with van der Waals surface area (Å²) in [5, 5.41) is 11.9. The number of benzene rings is 2. The molecule has 8 nitrogen and oxygen atoms in total. The van der Waals surface area contributed by atoms with Gasteiger partial charge in [0.05, 0.1) is 23.9 Å². The summed E-state index contributed by atoms with van der Waals surface area (Å²) in [6.45, 7) is 5.46. The SMILES string of the molecule is CCOC(=O)c1sc(N2C(=O)C(=O)C(=C(O)c3ccc4c(c3)C[C@@H](C)O4)[C@@H]2c2cccc(Cl)c2)nc1C. The Morgan fingerprint density at radius 1 is 1.27 bits per heavy atom. The van der Waals surface area contributed by atoms with E-state index in [-0.39, 0.29) is 34.1 Å². The number of aliphatic hydroxyl groups is 1. The molecule has 10 heteroatoms. The lowest BCUT2D eigenvalue weighted by Gasteiger charge is -2.23. The Hall–Kier alpha value is -3.69. The van der Waals surface area contributed by atoms with Crippen molar-refractivity contribution in [3.63, 3.8) is 0 Å². The average molecular weight is 539 g/mol. The second kappa shape index (κ2) is 9.64. The van der Waals surface area contributed by atoms with E-state index in [4.69, 9.17) is 21.1 Å².